The maximum atomic E-state index is 12.2. The van der Waals surface area contributed by atoms with Gasteiger partial charge in [-0.25, -0.2) is 0 Å². The fraction of sp³-hybridized carbons (Fsp3) is 0.267. The van der Waals surface area contributed by atoms with E-state index in [1.807, 2.05) is 13.0 Å². The molecule has 0 fully saturated rings. The van der Waals surface area contributed by atoms with Crippen LogP contribution in [0.2, 0.25) is 0 Å². The van der Waals surface area contributed by atoms with E-state index in [-0.39, 0.29) is 23.8 Å². The number of aryl methyl sites for hydroxylation is 1. The van der Waals surface area contributed by atoms with Gasteiger partial charge >= 0.3 is 0 Å². The summed E-state index contributed by atoms with van der Waals surface area (Å²) in [4.78, 5) is 28.3. The predicted molar refractivity (Wildman–Crippen MR) is 82.7 cm³/mol. The Bertz CT molecular complexity index is 744. The predicted octanol–water partition coefficient (Wildman–Crippen LogP) is 1.40. The summed E-state index contributed by atoms with van der Waals surface area (Å²) >= 11 is 0. The zero-order valence-electron chi connectivity index (χ0n) is 12.8. The number of nitriles is 1. The normalized spacial score (nSPS) is 11.3. The molecule has 23 heavy (non-hydrogen) atoms. The van der Waals surface area contributed by atoms with Gasteiger partial charge in [0.1, 0.15) is 5.69 Å². The number of hydrogen-bond acceptors (Lipinski definition) is 5. The van der Waals surface area contributed by atoms with Crippen LogP contribution < -0.4 is 10.6 Å². The minimum Gasteiger partial charge on any atom is -0.347 e. The lowest BCUT2D eigenvalue weighted by atomic mass is 10.2. The van der Waals surface area contributed by atoms with Crippen molar-refractivity contribution in [2.75, 3.05) is 5.32 Å². The average molecular weight is 312 g/mol. The fourth-order valence-electron chi connectivity index (χ4n) is 1.83. The molecular formula is C15H16N6O2. The Morgan fingerprint density at radius 2 is 2.13 bits per heavy atom. The van der Waals surface area contributed by atoms with E-state index in [0.29, 0.717) is 5.56 Å². The lowest BCUT2D eigenvalue weighted by molar-refractivity contribution is 0.0936. The van der Waals surface area contributed by atoms with Crippen LogP contribution in [0, 0.1) is 18.3 Å². The van der Waals surface area contributed by atoms with Crippen LogP contribution in [-0.2, 0) is 0 Å². The van der Waals surface area contributed by atoms with E-state index in [1.165, 1.54) is 12.4 Å². The highest BCUT2D eigenvalue weighted by molar-refractivity contribution is 6.08. The minimum absolute atomic E-state index is 0.128. The van der Waals surface area contributed by atoms with Crippen LogP contribution in [-0.4, -0.2) is 33.0 Å². The van der Waals surface area contributed by atoms with Gasteiger partial charge in [-0.1, -0.05) is 0 Å². The first-order valence-electron chi connectivity index (χ1n) is 6.96. The third-order valence-corrected chi connectivity index (χ3v) is 3.06. The van der Waals surface area contributed by atoms with Crippen molar-refractivity contribution in [2.24, 2.45) is 0 Å². The first-order valence-corrected chi connectivity index (χ1v) is 6.96. The number of carbonyl (C=O) groups excluding carboxylic acids is 2. The molecule has 0 aromatic carbocycles. The molecule has 8 heteroatoms. The van der Waals surface area contributed by atoms with Crippen LogP contribution in [0.3, 0.4) is 0 Å². The molecule has 8 nitrogen and oxygen atoms in total. The second-order valence-corrected chi connectivity index (χ2v) is 5.04. The number of amides is 2. The third kappa shape index (κ3) is 4.14. The topological polar surface area (TPSA) is 124 Å². The van der Waals surface area contributed by atoms with Gasteiger partial charge < -0.3 is 10.6 Å². The highest BCUT2D eigenvalue weighted by Gasteiger charge is 2.18. The quantitative estimate of drug-likeness (QED) is 0.770. The van der Waals surface area contributed by atoms with E-state index < -0.39 is 11.8 Å². The number of aromatic nitrogens is 3. The molecule has 0 unspecified atom stereocenters. The highest BCUT2D eigenvalue weighted by Crippen LogP contribution is 2.13. The van der Waals surface area contributed by atoms with Crippen LogP contribution in [0.1, 0.15) is 39.9 Å². The van der Waals surface area contributed by atoms with Crippen molar-refractivity contribution < 1.29 is 9.59 Å². The van der Waals surface area contributed by atoms with Gasteiger partial charge in [0.2, 0.25) is 0 Å². The number of aromatic amines is 1. The second kappa shape index (κ2) is 7.17. The lowest BCUT2D eigenvalue weighted by Crippen LogP contribution is -2.33. The number of nitrogens with one attached hydrogen (secondary N) is 3. The first kappa shape index (κ1) is 16.2. The molecule has 118 valence electrons. The molecule has 0 bridgehead atoms. The van der Waals surface area contributed by atoms with Crippen molar-refractivity contribution in [1.82, 2.24) is 20.5 Å². The van der Waals surface area contributed by atoms with E-state index >= 15 is 0 Å². The Labute approximate surface area is 132 Å². The molecular weight excluding hydrogens is 296 g/mol. The Balaban J connectivity index is 2.09. The van der Waals surface area contributed by atoms with E-state index in [9.17, 15) is 9.59 Å². The molecule has 0 spiro atoms. The number of nitrogens with zero attached hydrogens (tertiary/aromatic N) is 3. The van der Waals surface area contributed by atoms with Crippen molar-refractivity contribution in [2.45, 2.75) is 26.3 Å². The Morgan fingerprint density at radius 3 is 2.78 bits per heavy atom. The summed E-state index contributed by atoms with van der Waals surface area (Å²) in [5.41, 5.74) is 1.57. The number of H-pyrrole nitrogens is 1. The van der Waals surface area contributed by atoms with E-state index in [0.717, 1.165) is 5.69 Å². The summed E-state index contributed by atoms with van der Waals surface area (Å²) < 4.78 is 0. The van der Waals surface area contributed by atoms with Crippen LogP contribution in [0.25, 0.3) is 0 Å². The van der Waals surface area contributed by atoms with Crippen molar-refractivity contribution >= 4 is 17.5 Å². The zero-order valence-corrected chi connectivity index (χ0v) is 12.8. The highest BCUT2D eigenvalue weighted by atomic mass is 16.2. The molecule has 0 aliphatic carbocycles. The number of pyridine rings is 1. The maximum Gasteiger partial charge on any atom is 0.271 e. The van der Waals surface area contributed by atoms with Crippen molar-refractivity contribution in [3.05, 3.63) is 41.5 Å². The summed E-state index contributed by atoms with van der Waals surface area (Å²) in [7, 11) is 0. The van der Waals surface area contributed by atoms with Gasteiger partial charge in [-0.3, -0.25) is 19.7 Å². The van der Waals surface area contributed by atoms with Crippen molar-refractivity contribution in [3.63, 3.8) is 0 Å². The zero-order chi connectivity index (χ0) is 16.8. The Morgan fingerprint density at radius 1 is 1.35 bits per heavy atom. The van der Waals surface area contributed by atoms with Crippen LogP contribution in [0.5, 0.6) is 0 Å². The number of carbonyl (C=O) groups is 2. The minimum atomic E-state index is -0.442. The largest absolute Gasteiger partial charge is 0.347 e. The van der Waals surface area contributed by atoms with Crippen LogP contribution >= 0.6 is 0 Å². The third-order valence-electron chi connectivity index (χ3n) is 3.06. The van der Waals surface area contributed by atoms with E-state index in [1.54, 1.807) is 19.1 Å². The fourth-order valence-corrected chi connectivity index (χ4v) is 1.83. The summed E-state index contributed by atoms with van der Waals surface area (Å²) in [6.07, 6.45) is 3.00. The summed E-state index contributed by atoms with van der Waals surface area (Å²) in [6, 6.07) is 5.04. The number of hydrogen-bond donors (Lipinski definition) is 3. The lowest BCUT2D eigenvalue weighted by Gasteiger charge is -2.10. The number of anilines is 1. The monoisotopic (exact) mass is 312 g/mol. The van der Waals surface area contributed by atoms with Crippen LogP contribution in [0.15, 0.2) is 24.5 Å². The number of rotatable bonds is 5. The van der Waals surface area contributed by atoms with E-state index in [4.69, 9.17) is 5.26 Å². The van der Waals surface area contributed by atoms with Crippen molar-refractivity contribution in [1.29, 1.82) is 5.26 Å². The SMILES string of the molecule is Cc1ccc(C(=O)Nc2cn[nH]c2C(=O)N[C@H](C)CC#N)cn1. The van der Waals surface area contributed by atoms with Gasteiger partial charge in [0, 0.05) is 17.9 Å². The first-order chi connectivity index (χ1) is 11.0. The standard InChI is InChI=1S/C15H16N6O2/c1-9-3-4-11(7-17-9)14(22)20-12-8-18-21-13(12)15(23)19-10(2)5-6-16/h3-4,7-8,10H,5H2,1-2H3,(H,18,21)(H,19,23)(H,20,22)/t10-/m1/s1. The molecule has 3 N–H and O–H groups in total. The molecule has 0 saturated carbocycles. The molecule has 2 aromatic rings. The van der Waals surface area contributed by atoms with Gasteiger partial charge in [-0.2, -0.15) is 10.4 Å². The molecule has 2 rings (SSSR count). The van der Waals surface area contributed by atoms with Gasteiger partial charge in [0.05, 0.1) is 29.9 Å². The van der Waals surface area contributed by atoms with Gasteiger partial charge in [0.15, 0.2) is 0 Å². The molecule has 2 heterocycles. The smallest absolute Gasteiger partial charge is 0.271 e. The van der Waals surface area contributed by atoms with Crippen molar-refractivity contribution in [3.8, 4) is 6.07 Å². The van der Waals surface area contributed by atoms with E-state index in [2.05, 4.69) is 25.8 Å². The molecule has 2 aromatic heterocycles. The Kier molecular flexibility index (Phi) is 5.04. The summed E-state index contributed by atoms with van der Waals surface area (Å²) in [5, 5.41) is 20.2. The van der Waals surface area contributed by atoms with Gasteiger partial charge in [-0.05, 0) is 26.0 Å². The molecule has 0 aliphatic rings. The average Bonchev–Trinajstić information content (AvgIpc) is 2.96. The molecule has 0 radical (unpaired) electrons. The summed E-state index contributed by atoms with van der Waals surface area (Å²) in [5.74, 6) is -0.833. The molecule has 0 saturated heterocycles. The molecule has 2 amide bonds. The second-order valence-electron chi connectivity index (χ2n) is 5.04. The van der Waals surface area contributed by atoms with Gasteiger partial charge in [-0.15, -0.1) is 0 Å². The summed E-state index contributed by atoms with van der Waals surface area (Å²) in [6.45, 7) is 3.54. The maximum absolute atomic E-state index is 12.2. The van der Waals surface area contributed by atoms with Gasteiger partial charge in [0.25, 0.3) is 11.8 Å². The van der Waals surface area contributed by atoms with Crippen LogP contribution in [0.4, 0.5) is 5.69 Å². The Hall–Kier alpha value is -3.21. The molecule has 1 atom stereocenters. The molecule has 0 aliphatic heterocycles.